The molecule has 0 aliphatic rings. The number of amides is 2. The topological polar surface area (TPSA) is 49.4 Å². The first-order chi connectivity index (χ1) is 13.7. The molecule has 2 rings (SSSR count). The number of benzene rings is 2. The third-order valence-corrected chi connectivity index (χ3v) is 5.55. The minimum Gasteiger partial charge on any atom is -0.352 e. The molecular weight excluding hydrogens is 414 g/mol. The summed E-state index contributed by atoms with van der Waals surface area (Å²) in [5.41, 5.74) is 1.01. The van der Waals surface area contributed by atoms with E-state index in [9.17, 15) is 14.0 Å². The number of carbonyl (C=O) groups is 2. The van der Waals surface area contributed by atoms with Crippen molar-refractivity contribution >= 4 is 35.0 Å². The number of hydrogen-bond acceptors (Lipinski definition) is 2. The number of halogens is 3. The zero-order valence-electron chi connectivity index (χ0n) is 16.7. The number of rotatable bonds is 8. The number of nitrogens with one attached hydrogen (secondary N) is 1. The van der Waals surface area contributed by atoms with E-state index >= 15 is 0 Å². The second-order valence-corrected chi connectivity index (χ2v) is 7.85. The number of carbonyl (C=O) groups excluding carboxylic acids is 2. The highest BCUT2D eigenvalue weighted by Gasteiger charge is 2.27. The maximum absolute atomic E-state index is 14.2. The summed E-state index contributed by atoms with van der Waals surface area (Å²) >= 11 is 12.0. The Morgan fingerprint density at radius 1 is 1.10 bits per heavy atom. The van der Waals surface area contributed by atoms with Gasteiger partial charge in [0, 0.05) is 18.2 Å². The zero-order valence-corrected chi connectivity index (χ0v) is 18.2. The Labute approximate surface area is 181 Å². The molecule has 0 aromatic heterocycles. The van der Waals surface area contributed by atoms with Crippen molar-refractivity contribution < 1.29 is 14.0 Å². The van der Waals surface area contributed by atoms with Crippen molar-refractivity contribution in [1.29, 1.82) is 0 Å². The Morgan fingerprint density at radius 2 is 1.79 bits per heavy atom. The van der Waals surface area contributed by atoms with Gasteiger partial charge < -0.3 is 10.2 Å². The van der Waals surface area contributed by atoms with Crippen LogP contribution in [0.3, 0.4) is 0 Å². The minimum absolute atomic E-state index is 0.0120. The number of hydrogen-bond donors (Lipinski definition) is 1. The van der Waals surface area contributed by atoms with Gasteiger partial charge in [-0.15, -0.1) is 0 Å². The monoisotopic (exact) mass is 438 g/mol. The molecule has 0 aliphatic heterocycles. The van der Waals surface area contributed by atoms with Crippen LogP contribution in [0.15, 0.2) is 42.5 Å². The van der Waals surface area contributed by atoms with E-state index in [4.69, 9.17) is 23.2 Å². The van der Waals surface area contributed by atoms with Crippen molar-refractivity contribution in [2.45, 2.75) is 52.2 Å². The summed E-state index contributed by atoms with van der Waals surface area (Å²) < 4.78 is 14.2. The Morgan fingerprint density at radius 3 is 2.41 bits per heavy atom. The molecule has 29 heavy (non-hydrogen) atoms. The SMILES string of the molecule is CC[C@@H](C)NC(=O)[C@H](C)N(Cc1ccccc1F)C(=O)Cc1ccc(Cl)c(Cl)c1. The molecule has 2 aromatic carbocycles. The molecule has 0 unspecified atom stereocenters. The van der Waals surface area contributed by atoms with Gasteiger partial charge in [0.05, 0.1) is 16.5 Å². The van der Waals surface area contributed by atoms with Gasteiger partial charge in [0.15, 0.2) is 0 Å². The predicted octanol–water partition coefficient (Wildman–Crippen LogP) is 5.01. The lowest BCUT2D eigenvalue weighted by molar-refractivity contribution is -0.140. The molecule has 7 heteroatoms. The maximum atomic E-state index is 14.2. The lowest BCUT2D eigenvalue weighted by atomic mass is 10.1. The van der Waals surface area contributed by atoms with Gasteiger partial charge in [-0.25, -0.2) is 4.39 Å². The molecule has 0 aliphatic carbocycles. The van der Waals surface area contributed by atoms with E-state index < -0.39 is 11.9 Å². The Balaban J connectivity index is 2.27. The summed E-state index contributed by atoms with van der Waals surface area (Å²) in [6.45, 7) is 5.48. The van der Waals surface area contributed by atoms with Gasteiger partial charge in [-0.3, -0.25) is 9.59 Å². The second-order valence-electron chi connectivity index (χ2n) is 7.03. The van der Waals surface area contributed by atoms with E-state index in [2.05, 4.69) is 5.32 Å². The highest BCUT2D eigenvalue weighted by molar-refractivity contribution is 6.42. The van der Waals surface area contributed by atoms with Crippen LogP contribution in [0.25, 0.3) is 0 Å². The molecular formula is C22H25Cl2FN2O2. The molecule has 0 saturated carbocycles. The van der Waals surface area contributed by atoms with Gasteiger partial charge in [0.1, 0.15) is 11.9 Å². The summed E-state index contributed by atoms with van der Waals surface area (Å²) in [5, 5.41) is 3.62. The molecule has 0 spiro atoms. The summed E-state index contributed by atoms with van der Waals surface area (Å²) in [6.07, 6.45) is 0.787. The molecule has 2 aromatic rings. The van der Waals surface area contributed by atoms with E-state index in [1.807, 2.05) is 13.8 Å². The summed E-state index contributed by atoms with van der Waals surface area (Å²) in [4.78, 5) is 27.1. The first-order valence-corrected chi connectivity index (χ1v) is 10.3. The van der Waals surface area contributed by atoms with Gasteiger partial charge in [0.25, 0.3) is 0 Å². The van der Waals surface area contributed by atoms with Gasteiger partial charge in [-0.1, -0.05) is 54.4 Å². The predicted molar refractivity (Wildman–Crippen MR) is 114 cm³/mol. The normalized spacial score (nSPS) is 12.9. The van der Waals surface area contributed by atoms with Crippen molar-refractivity contribution in [1.82, 2.24) is 10.2 Å². The number of nitrogens with zero attached hydrogens (tertiary/aromatic N) is 1. The Hall–Kier alpha value is -2.11. The molecule has 2 amide bonds. The molecule has 0 heterocycles. The van der Waals surface area contributed by atoms with Gasteiger partial charge in [-0.2, -0.15) is 0 Å². The first-order valence-electron chi connectivity index (χ1n) is 9.50. The van der Waals surface area contributed by atoms with Crippen LogP contribution in [0.1, 0.15) is 38.3 Å². The zero-order chi connectivity index (χ0) is 21.6. The van der Waals surface area contributed by atoms with Gasteiger partial charge in [0.2, 0.25) is 11.8 Å². The van der Waals surface area contributed by atoms with E-state index in [0.29, 0.717) is 21.2 Å². The smallest absolute Gasteiger partial charge is 0.242 e. The molecule has 0 fully saturated rings. The fraction of sp³-hybridized carbons (Fsp3) is 0.364. The van der Waals surface area contributed by atoms with Crippen LogP contribution in [0.2, 0.25) is 10.0 Å². The Kier molecular flexibility index (Phi) is 8.47. The minimum atomic E-state index is -0.765. The van der Waals surface area contributed by atoms with Crippen LogP contribution in [0.4, 0.5) is 4.39 Å². The quantitative estimate of drug-likeness (QED) is 0.629. The van der Waals surface area contributed by atoms with Crippen LogP contribution in [0, 0.1) is 5.82 Å². The second kappa shape index (κ2) is 10.6. The van der Waals surface area contributed by atoms with E-state index in [0.717, 1.165) is 6.42 Å². The van der Waals surface area contributed by atoms with Crippen molar-refractivity contribution in [3.05, 3.63) is 69.5 Å². The lowest BCUT2D eigenvalue weighted by Crippen LogP contribution is -2.50. The molecule has 0 bridgehead atoms. The third-order valence-electron chi connectivity index (χ3n) is 4.81. The lowest BCUT2D eigenvalue weighted by Gasteiger charge is -2.30. The van der Waals surface area contributed by atoms with Crippen molar-refractivity contribution in [3.8, 4) is 0 Å². The first kappa shape index (κ1) is 23.2. The fourth-order valence-electron chi connectivity index (χ4n) is 2.78. The van der Waals surface area contributed by atoms with Gasteiger partial charge in [-0.05, 0) is 44.0 Å². The summed E-state index contributed by atoms with van der Waals surface area (Å²) in [5.74, 6) is -1.01. The maximum Gasteiger partial charge on any atom is 0.242 e. The average Bonchev–Trinajstić information content (AvgIpc) is 2.69. The van der Waals surface area contributed by atoms with Crippen LogP contribution in [-0.4, -0.2) is 28.8 Å². The van der Waals surface area contributed by atoms with E-state index in [-0.39, 0.29) is 30.8 Å². The molecule has 156 valence electrons. The highest BCUT2D eigenvalue weighted by atomic mass is 35.5. The standard InChI is InChI=1S/C22H25Cl2FN2O2/c1-4-14(2)26-22(29)15(3)27(13-17-7-5-6-8-20(17)25)21(28)12-16-9-10-18(23)19(24)11-16/h5-11,14-15H,4,12-13H2,1-3H3,(H,26,29)/t14-,15+/m1/s1. The third kappa shape index (κ3) is 6.44. The van der Waals surface area contributed by atoms with Gasteiger partial charge >= 0.3 is 0 Å². The molecule has 0 radical (unpaired) electrons. The van der Waals surface area contributed by atoms with Crippen LogP contribution in [-0.2, 0) is 22.6 Å². The molecule has 1 N–H and O–H groups in total. The fourth-order valence-corrected chi connectivity index (χ4v) is 3.10. The van der Waals surface area contributed by atoms with Crippen LogP contribution in [0.5, 0.6) is 0 Å². The van der Waals surface area contributed by atoms with Crippen LogP contribution < -0.4 is 5.32 Å². The summed E-state index contributed by atoms with van der Waals surface area (Å²) in [6, 6.07) is 10.4. The largest absolute Gasteiger partial charge is 0.352 e. The van der Waals surface area contributed by atoms with E-state index in [1.165, 1.54) is 11.0 Å². The van der Waals surface area contributed by atoms with Crippen molar-refractivity contribution in [2.75, 3.05) is 0 Å². The Bertz CT molecular complexity index is 876. The molecule has 2 atom stereocenters. The molecule has 0 saturated heterocycles. The average molecular weight is 439 g/mol. The van der Waals surface area contributed by atoms with Crippen molar-refractivity contribution in [2.24, 2.45) is 0 Å². The van der Waals surface area contributed by atoms with Crippen molar-refractivity contribution in [3.63, 3.8) is 0 Å². The van der Waals surface area contributed by atoms with E-state index in [1.54, 1.807) is 43.3 Å². The highest BCUT2D eigenvalue weighted by Crippen LogP contribution is 2.23. The van der Waals surface area contributed by atoms with Crippen LogP contribution >= 0.6 is 23.2 Å². The molecule has 4 nitrogen and oxygen atoms in total. The summed E-state index contributed by atoms with van der Waals surface area (Å²) in [7, 11) is 0.